The smallest absolute Gasteiger partial charge is 0.312 e. The number of nitrogens with one attached hydrogen (secondary N) is 1. The maximum absolute atomic E-state index is 13.3. The molecule has 1 N–H and O–H groups in total. The Hall–Kier alpha value is -2.68. The topological polar surface area (TPSA) is 78.8 Å². The van der Waals surface area contributed by atoms with E-state index in [4.69, 9.17) is 10.00 Å². The van der Waals surface area contributed by atoms with Crippen LogP contribution in [0.1, 0.15) is 16.8 Å². The van der Waals surface area contributed by atoms with Crippen LogP contribution < -0.4 is 0 Å². The summed E-state index contributed by atoms with van der Waals surface area (Å²) in [7, 11) is 0. The Morgan fingerprint density at radius 2 is 2.37 bits per heavy atom. The van der Waals surface area contributed by atoms with Crippen LogP contribution in [0.2, 0.25) is 0 Å². The van der Waals surface area contributed by atoms with Gasteiger partial charge in [0.15, 0.2) is 0 Å². The van der Waals surface area contributed by atoms with E-state index >= 15 is 0 Å². The SMILES string of the molecule is N#Cc1ccc(COC(=O)Cc2cnc[nH]2)cc1F. The number of imidazole rings is 1. The molecule has 6 heteroatoms. The van der Waals surface area contributed by atoms with E-state index < -0.39 is 11.8 Å². The van der Waals surface area contributed by atoms with Crippen molar-refractivity contribution >= 4 is 5.97 Å². The van der Waals surface area contributed by atoms with Gasteiger partial charge in [-0.05, 0) is 17.7 Å². The van der Waals surface area contributed by atoms with Crippen LogP contribution in [-0.4, -0.2) is 15.9 Å². The van der Waals surface area contributed by atoms with Gasteiger partial charge in [-0.2, -0.15) is 5.26 Å². The Bertz CT molecular complexity index is 617. The van der Waals surface area contributed by atoms with E-state index in [1.54, 1.807) is 12.1 Å². The summed E-state index contributed by atoms with van der Waals surface area (Å²) in [5.41, 5.74) is 1.11. The zero-order chi connectivity index (χ0) is 13.7. The molecule has 0 bridgehead atoms. The monoisotopic (exact) mass is 259 g/mol. The molecule has 0 saturated heterocycles. The number of benzene rings is 1. The van der Waals surface area contributed by atoms with E-state index in [0.29, 0.717) is 11.3 Å². The predicted octanol–water partition coefficient (Wildman–Crippen LogP) is 1.71. The molecule has 0 aliphatic heterocycles. The van der Waals surface area contributed by atoms with Crippen molar-refractivity contribution in [3.05, 3.63) is 53.4 Å². The minimum atomic E-state index is -0.621. The zero-order valence-corrected chi connectivity index (χ0v) is 9.89. The normalized spacial score (nSPS) is 9.89. The molecular weight excluding hydrogens is 249 g/mol. The van der Waals surface area contributed by atoms with Crippen molar-refractivity contribution in [2.75, 3.05) is 0 Å². The number of carbonyl (C=O) groups excluding carboxylic acids is 1. The Kier molecular flexibility index (Phi) is 3.88. The van der Waals surface area contributed by atoms with Gasteiger partial charge in [0.05, 0.1) is 18.3 Å². The number of ether oxygens (including phenoxy) is 1. The molecule has 1 aromatic carbocycles. The van der Waals surface area contributed by atoms with Crippen LogP contribution in [0.25, 0.3) is 0 Å². The second kappa shape index (κ2) is 5.78. The number of hydrogen-bond acceptors (Lipinski definition) is 4. The van der Waals surface area contributed by atoms with E-state index in [1.165, 1.54) is 24.7 Å². The minimum Gasteiger partial charge on any atom is -0.461 e. The van der Waals surface area contributed by atoms with Crippen LogP contribution in [0.15, 0.2) is 30.7 Å². The number of aromatic nitrogens is 2. The molecule has 1 heterocycles. The Morgan fingerprint density at radius 3 is 3.00 bits per heavy atom. The summed E-state index contributed by atoms with van der Waals surface area (Å²) >= 11 is 0. The maximum Gasteiger partial charge on any atom is 0.312 e. The lowest BCUT2D eigenvalue weighted by Crippen LogP contribution is -2.08. The number of H-pyrrole nitrogens is 1. The second-order valence-corrected chi connectivity index (χ2v) is 3.84. The second-order valence-electron chi connectivity index (χ2n) is 3.84. The van der Waals surface area contributed by atoms with Crippen molar-refractivity contribution in [2.24, 2.45) is 0 Å². The molecule has 0 spiro atoms. The summed E-state index contributed by atoms with van der Waals surface area (Å²) in [4.78, 5) is 18.0. The molecule has 2 rings (SSSR count). The molecule has 19 heavy (non-hydrogen) atoms. The van der Waals surface area contributed by atoms with Crippen LogP contribution >= 0.6 is 0 Å². The Balaban J connectivity index is 1.90. The maximum atomic E-state index is 13.3. The van der Waals surface area contributed by atoms with Crippen molar-refractivity contribution in [2.45, 2.75) is 13.0 Å². The highest BCUT2D eigenvalue weighted by molar-refractivity contribution is 5.71. The molecule has 0 saturated carbocycles. The molecule has 0 amide bonds. The third kappa shape index (κ3) is 3.39. The molecule has 96 valence electrons. The number of nitrogens with zero attached hydrogens (tertiary/aromatic N) is 2. The third-order valence-electron chi connectivity index (χ3n) is 2.44. The first-order valence-corrected chi connectivity index (χ1v) is 5.50. The quantitative estimate of drug-likeness (QED) is 0.848. The molecule has 0 aliphatic rings. The summed E-state index contributed by atoms with van der Waals surface area (Å²) in [6.07, 6.45) is 3.08. The third-order valence-corrected chi connectivity index (χ3v) is 2.44. The van der Waals surface area contributed by atoms with Crippen molar-refractivity contribution in [3.8, 4) is 6.07 Å². The molecule has 2 aromatic rings. The van der Waals surface area contributed by atoms with Crippen molar-refractivity contribution in [3.63, 3.8) is 0 Å². The van der Waals surface area contributed by atoms with Gasteiger partial charge in [0.2, 0.25) is 0 Å². The fourth-order valence-corrected chi connectivity index (χ4v) is 1.49. The van der Waals surface area contributed by atoms with Gasteiger partial charge in [-0.1, -0.05) is 6.07 Å². The summed E-state index contributed by atoms with van der Waals surface area (Å²) in [6.45, 7) is -0.0321. The molecule has 5 nitrogen and oxygen atoms in total. The van der Waals surface area contributed by atoms with Crippen LogP contribution in [-0.2, 0) is 22.6 Å². The highest BCUT2D eigenvalue weighted by Gasteiger charge is 2.08. The van der Waals surface area contributed by atoms with E-state index in [1.807, 2.05) is 0 Å². The molecule has 0 atom stereocenters. The summed E-state index contributed by atoms with van der Waals surface area (Å²) < 4.78 is 18.3. The highest BCUT2D eigenvalue weighted by Crippen LogP contribution is 2.10. The molecule has 1 aromatic heterocycles. The number of hydrogen-bond donors (Lipinski definition) is 1. The summed E-state index contributed by atoms with van der Waals surface area (Å²) in [6, 6.07) is 5.81. The lowest BCUT2D eigenvalue weighted by Gasteiger charge is -2.04. The zero-order valence-electron chi connectivity index (χ0n) is 9.89. The fourth-order valence-electron chi connectivity index (χ4n) is 1.49. The average Bonchev–Trinajstić information content (AvgIpc) is 2.89. The summed E-state index contributed by atoms with van der Waals surface area (Å²) in [5.74, 6) is -1.06. The lowest BCUT2D eigenvalue weighted by molar-refractivity contribution is -0.144. The van der Waals surface area contributed by atoms with Crippen molar-refractivity contribution in [1.29, 1.82) is 5.26 Å². The first kappa shape index (κ1) is 12.8. The molecular formula is C13H10FN3O2. The average molecular weight is 259 g/mol. The molecule has 0 fully saturated rings. The van der Waals surface area contributed by atoms with E-state index in [-0.39, 0.29) is 18.6 Å². The first-order valence-electron chi connectivity index (χ1n) is 5.50. The van der Waals surface area contributed by atoms with Crippen molar-refractivity contribution in [1.82, 2.24) is 9.97 Å². The van der Waals surface area contributed by atoms with Crippen LogP contribution in [0.4, 0.5) is 4.39 Å². The van der Waals surface area contributed by atoms with Gasteiger partial charge in [-0.15, -0.1) is 0 Å². The number of nitriles is 1. The first-order chi connectivity index (χ1) is 9.19. The predicted molar refractivity (Wildman–Crippen MR) is 63.2 cm³/mol. The molecule has 0 aliphatic carbocycles. The van der Waals surface area contributed by atoms with Crippen LogP contribution in [0.5, 0.6) is 0 Å². The number of aromatic amines is 1. The number of esters is 1. The van der Waals surface area contributed by atoms with E-state index in [2.05, 4.69) is 9.97 Å². The minimum absolute atomic E-state index is 0.0321. The standard InChI is InChI=1S/C13H10FN3O2/c14-12-3-9(1-2-10(12)5-15)7-19-13(18)4-11-6-16-8-17-11/h1-3,6,8H,4,7H2,(H,16,17). The van der Waals surface area contributed by atoms with Crippen molar-refractivity contribution < 1.29 is 13.9 Å². The Morgan fingerprint density at radius 1 is 1.53 bits per heavy atom. The lowest BCUT2D eigenvalue weighted by atomic mass is 10.1. The Labute approximate surface area is 108 Å². The van der Waals surface area contributed by atoms with Gasteiger partial charge in [0.1, 0.15) is 18.5 Å². The van der Waals surface area contributed by atoms with Gasteiger partial charge in [-0.3, -0.25) is 4.79 Å². The number of rotatable bonds is 4. The fraction of sp³-hybridized carbons (Fsp3) is 0.154. The molecule has 0 unspecified atom stereocenters. The number of carbonyl (C=O) groups is 1. The van der Waals surface area contributed by atoms with Gasteiger partial charge in [-0.25, -0.2) is 9.37 Å². The van der Waals surface area contributed by atoms with Gasteiger partial charge >= 0.3 is 5.97 Å². The number of halogens is 1. The summed E-state index contributed by atoms with van der Waals surface area (Å²) in [5, 5.41) is 8.59. The van der Waals surface area contributed by atoms with E-state index in [9.17, 15) is 9.18 Å². The molecule has 0 radical (unpaired) electrons. The van der Waals surface area contributed by atoms with Gasteiger partial charge in [0, 0.05) is 11.9 Å². The van der Waals surface area contributed by atoms with Gasteiger partial charge < -0.3 is 9.72 Å². The largest absolute Gasteiger partial charge is 0.461 e. The van der Waals surface area contributed by atoms with E-state index in [0.717, 1.165) is 0 Å². The highest BCUT2D eigenvalue weighted by atomic mass is 19.1. The van der Waals surface area contributed by atoms with Gasteiger partial charge in [0.25, 0.3) is 0 Å². The van der Waals surface area contributed by atoms with Crippen LogP contribution in [0.3, 0.4) is 0 Å². The van der Waals surface area contributed by atoms with Crippen LogP contribution in [0, 0.1) is 17.1 Å².